The molecule has 0 unspecified atom stereocenters. The molecule has 0 atom stereocenters. The Morgan fingerprint density at radius 3 is 2.38 bits per heavy atom. The van der Waals surface area contributed by atoms with Crippen LogP contribution < -0.4 is 10.0 Å². The van der Waals surface area contributed by atoms with Gasteiger partial charge in [0.15, 0.2) is 11.0 Å². The molecule has 0 aliphatic heterocycles. The Hall–Kier alpha value is -2.98. The minimum atomic E-state index is -3.71. The zero-order chi connectivity index (χ0) is 17.3. The summed E-state index contributed by atoms with van der Waals surface area (Å²) in [5.74, 6) is -1.02. The molecule has 24 heavy (non-hydrogen) atoms. The zero-order valence-corrected chi connectivity index (χ0v) is 13.2. The first-order valence-corrected chi connectivity index (χ1v) is 8.20. The number of anilines is 2. The fraction of sp³-hybridized carbons (Fsp3) is 0.0714. The van der Waals surface area contributed by atoms with Gasteiger partial charge in [-0.05, 0) is 53.8 Å². The highest BCUT2D eigenvalue weighted by molar-refractivity contribution is 7.89. The average Bonchev–Trinajstić information content (AvgIpc) is 3.05. The maximum atomic E-state index is 12.0. The van der Waals surface area contributed by atoms with Gasteiger partial charge in [-0.3, -0.25) is 0 Å². The van der Waals surface area contributed by atoms with E-state index in [4.69, 9.17) is 5.11 Å². The van der Waals surface area contributed by atoms with Gasteiger partial charge >= 0.3 is 5.97 Å². The number of nitrogens with zero attached hydrogens (tertiary/aromatic N) is 2. The first-order valence-electron chi connectivity index (χ1n) is 6.71. The molecule has 0 bridgehead atoms. The Balaban J connectivity index is 2.01. The van der Waals surface area contributed by atoms with Gasteiger partial charge in [0, 0.05) is 5.69 Å². The summed E-state index contributed by atoms with van der Waals surface area (Å²) < 4.78 is 30.9. The summed E-state index contributed by atoms with van der Waals surface area (Å²) in [5, 5.41) is 19.3. The van der Waals surface area contributed by atoms with E-state index in [-0.39, 0.29) is 21.5 Å². The molecule has 124 valence electrons. The Kier molecular flexibility index (Phi) is 3.91. The lowest BCUT2D eigenvalue weighted by Gasteiger charge is -2.08. The second-order valence-electron chi connectivity index (χ2n) is 4.79. The Morgan fingerprint density at radius 2 is 1.75 bits per heavy atom. The van der Waals surface area contributed by atoms with Crippen molar-refractivity contribution in [3.05, 3.63) is 42.0 Å². The SMILES string of the molecule is CNS(=O)(=O)c1ccc(Nc2ccc(C(=O)O)cc2)c2nonc12. The molecule has 1 aromatic heterocycles. The van der Waals surface area contributed by atoms with Crippen LogP contribution in [0.3, 0.4) is 0 Å². The first kappa shape index (κ1) is 15.9. The molecule has 0 fully saturated rings. The van der Waals surface area contributed by atoms with Gasteiger partial charge in [-0.15, -0.1) is 0 Å². The van der Waals surface area contributed by atoms with Crippen molar-refractivity contribution in [2.24, 2.45) is 0 Å². The van der Waals surface area contributed by atoms with Crippen LogP contribution in [0, 0.1) is 0 Å². The number of benzene rings is 2. The molecule has 1 heterocycles. The van der Waals surface area contributed by atoms with Crippen molar-refractivity contribution in [1.29, 1.82) is 0 Å². The summed E-state index contributed by atoms with van der Waals surface area (Å²) in [6.45, 7) is 0. The van der Waals surface area contributed by atoms with E-state index in [1.54, 1.807) is 12.1 Å². The van der Waals surface area contributed by atoms with Crippen molar-refractivity contribution < 1.29 is 22.9 Å². The van der Waals surface area contributed by atoms with Gasteiger partial charge in [-0.1, -0.05) is 0 Å². The number of rotatable bonds is 5. The van der Waals surface area contributed by atoms with Crippen LogP contribution in [0.25, 0.3) is 11.0 Å². The van der Waals surface area contributed by atoms with Crippen molar-refractivity contribution >= 4 is 38.4 Å². The lowest BCUT2D eigenvalue weighted by molar-refractivity contribution is 0.0697. The molecule has 0 aliphatic rings. The molecule has 0 amide bonds. The van der Waals surface area contributed by atoms with Crippen molar-refractivity contribution in [2.45, 2.75) is 4.90 Å². The van der Waals surface area contributed by atoms with E-state index >= 15 is 0 Å². The molecule has 3 aromatic rings. The highest BCUT2D eigenvalue weighted by Gasteiger charge is 2.21. The topological polar surface area (TPSA) is 134 Å². The quantitative estimate of drug-likeness (QED) is 0.632. The first-order chi connectivity index (χ1) is 11.4. The van der Waals surface area contributed by atoms with E-state index in [0.29, 0.717) is 11.4 Å². The Bertz CT molecular complexity index is 1010. The van der Waals surface area contributed by atoms with Crippen molar-refractivity contribution in [2.75, 3.05) is 12.4 Å². The second kappa shape index (κ2) is 5.91. The molecular formula is C14H12N4O5S. The molecule has 0 aliphatic carbocycles. The maximum Gasteiger partial charge on any atom is 0.335 e. The van der Waals surface area contributed by atoms with Crippen LogP contribution >= 0.6 is 0 Å². The van der Waals surface area contributed by atoms with Crippen molar-refractivity contribution in [1.82, 2.24) is 15.0 Å². The monoisotopic (exact) mass is 348 g/mol. The van der Waals surface area contributed by atoms with E-state index in [2.05, 4.69) is 25.0 Å². The number of aromatic nitrogens is 2. The summed E-state index contributed by atoms with van der Waals surface area (Å²) in [4.78, 5) is 10.8. The molecule has 0 saturated carbocycles. The number of nitrogens with one attached hydrogen (secondary N) is 2. The van der Waals surface area contributed by atoms with Crippen LogP contribution in [-0.2, 0) is 10.0 Å². The fourth-order valence-corrected chi connectivity index (χ4v) is 2.98. The average molecular weight is 348 g/mol. The van der Waals surface area contributed by atoms with E-state index in [1.807, 2.05) is 0 Å². The smallest absolute Gasteiger partial charge is 0.335 e. The largest absolute Gasteiger partial charge is 0.478 e. The fourth-order valence-electron chi connectivity index (χ4n) is 2.12. The third kappa shape index (κ3) is 2.79. The highest BCUT2D eigenvalue weighted by atomic mass is 32.2. The van der Waals surface area contributed by atoms with Crippen LogP contribution in [0.4, 0.5) is 11.4 Å². The van der Waals surface area contributed by atoms with Gasteiger partial charge in [0.05, 0.1) is 11.3 Å². The van der Waals surface area contributed by atoms with Crippen LogP contribution in [0.1, 0.15) is 10.4 Å². The molecule has 0 saturated heterocycles. The zero-order valence-electron chi connectivity index (χ0n) is 12.3. The van der Waals surface area contributed by atoms with E-state index in [9.17, 15) is 13.2 Å². The number of fused-ring (bicyclic) bond motifs is 1. The maximum absolute atomic E-state index is 12.0. The molecule has 3 N–H and O–H groups in total. The number of aromatic carboxylic acids is 1. The molecule has 9 nitrogen and oxygen atoms in total. The van der Waals surface area contributed by atoms with Crippen LogP contribution in [0.2, 0.25) is 0 Å². The molecule has 2 aromatic carbocycles. The van der Waals surface area contributed by atoms with Gasteiger partial charge in [-0.25, -0.2) is 22.6 Å². The predicted octanol–water partition coefficient (Wildman–Crippen LogP) is 1.57. The minimum Gasteiger partial charge on any atom is -0.478 e. The Labute approximate surface area is 136 Å². The van der Waals surface area contributed by atoms with Crippen LogP contribution in [0.5, 0.6) is 0 Å². The van der Waals surface area contributed by atoms with Crippen molar-refractivity contribution in [3.8, 4) is 0 Å². The Morgan fingerprint density at radius 1 is 1.08 bits per heavy atom. The van der Waals surface area contributed by atoms with Gasteiger partial charge < -0.3 is 10.4 Å². The molecular weight excluding hydrogens is 336 g/mol. The number of carboxylic acid groups (broad SMARTS) is 1. The molecule has 3 rings (SSSR count). The normalized spacial score (nSPS) is 11.5. The van der Waals surface area contributed by atoms with Crippen molar-refractivity contribution in [3.63, 3.8) is 0 Å². The van der Waals surface area contributed by atoms with E-state index in [1.165, 1.54) is 31.3 Å². The lowest BCUT2D eigenvalue weighted by Crippen LogP contribution is -2.19. The standard InChI is InChI=1S/C14H12N4O5S/c1-15-24(21,22)11-7-6-10(12-13(11)18-23-17-12)16-9-4-2-8(3-5-9)14(19)20/h2-7,15-16H,1H3,(H,19,20). The predicted molar refractivity (Wildman–Crippen MR) is 84.7 cm³/mol. The third-order valence-electron chi connectivity index (χ3n) is 3.35. The number of hydrogen-bond donors (Lipinski definition) is 3. The highest BCUT2D eigenvalue weighted by Crippen LogP contribution is 2.29. The van der Waals surface area contributed by atoms with E-state index < -0.39 is 16.0 Å². The van der Waals surface area contributed by atoms with E-state index in [0.717, 1.165) is 0 Å². The lowest BCUT2D eigenvalue weighted by atomic mass is 10.2. The molecule has 0 radical (unpaired) electrons. The number of sulfonamides is 1. The number of carbonyl (C=O) groups is 1. The van der Waals surface area contributed by atoms with Gasteiger partial charge in [0.2, 0.25) is 10.0 Å². The summed E-state index contributed by atoms with van der Waals surface area (Å²) in [7, 11) is -2.41. The van der Waals surface area contributed by atoms with Gasteiger partial charge in [0.25, 0.3) is 0 Å². The second-order valence-corrected chi connectivity index (χ2v) is 6.64. The van der Waals surface area contributed by atoms with Gasteiger partial charge in [0.1, 0.15) is 4.90 Å². The summed E-state index contributed by atoms with van der Waals surface area (Å²) >= 11 is 0. The number of carboxylic acids is 1. The third-order valence-corrected chi connectivity index (χ3v) is 4.79. The summed E-state index contributed by atoms with van der Waals surface area (Å²) in [6.07, 6.45) is 0. The summed E-state index contributed by atoms with van der Waals surface area (Å²) in [6, 6.07) is 8.97. The number of hydrogen-bond acceptors (Lipinski definition) is 7. The minimum absolute atomic E-state index is 0.0481. The molecule has 0 spiro atoms. The summed E-state index contributed by atoms with van der Waals surface area (Å²) in [5.41, 5.74) is 1.58. The van der Waals surface area contributed by atoms with Crippen LogP contribution in [0.15, 0.2) is 45.9 Å². The van der Waals surface area contributed by atoms with Crippen LogP contribution in [-0.4, -0.2) is 36.9 Å². The molecule has 10 heteroatoms. The van der Waals surface area contributed by atoms with Gasteiger partial charge in [-0.2, -0.15) is 0 Å².